The van der Waals surface area contributed by atoms with Crippen molar-refractivity contribution in [2.24, 2.45) is 0 Å². The van der Waals surface area contributed by atoms with E-state index in [4.69, 9.17) is 4.74 Å². The first-order valence-corrected chi connectivity index (χ1v) is 6.20. The largest absolute Gasteiger partial charge is 2.00 e. The van der Waals surface area contributed by atoms with Gasteiger partial charge in [0.05, 0.1) is 7.11 Å². The van der Waals surface area contributed by atoms with Gasteiger partial charge in [-0.25, -0.2) is 0 Å². The van der Waals surface area contributed by atoms with Gasteiger partial charge in [-0.05, 0) is 22.9 Å². The van der Waals surface area contributed by atoms with Crippen molar-refractivity contribution in [2.75, 3.05) is 7.11 Å². The minimum Gasteiger partial charge on any atom is -0.541 e. The second-order valence-electron chi connectivity index (χ2n) is 3.81. The van der Waals surface area contributed by atoms with Gasteiger partial charge in [0.1, 0.15) is 5.75 Å². The average molecular weight is 496 g/mol. The van der Waals surface area contributed by atoms with Gasteiger partial charge in [-0.3, -0.25) is 6.29 Å². The Kier molecular flexibility index (Phi) is 11.8. The van der Waals surface area contributed by atoms with E-state index in [1.807, 2.05) is 63.5 Å². The molecule has 0 saturated carbocycles. The number of hydrogen-bond donors (Lipinski definition) is 0. The van der Waals surface area contributed by atoms with E-state index in [2.05, 4.69) is 0 Å². The molecule has 3 heteroatoms. The van der Waals surface area contributed by atoms with E-state index in [1.165, 1.54) is 0 Å². The molecule has 1 atom stereocenters. The Hall–Kier alpha value is -0.778. The second kappa shape index (κ2) is 10.9. The summed E-state index contributed by atoms with van der Waals surface area (Å²) in [7, 11) is 1.65. The summed E-state index contributed by atoms with van der Waals surface area (Å²) in [6.45, 7) is 5.84. The molecule has 0 aliphatic rings. The van der Waals surface area contributed by atoms with E-state index in [9.17, 15) is 4.79 Å². The van der Waals surface area contributed by atoms with E-state index < -0.39 is 0 Å². The van der Waals surface area contributed by atoms with Crippen LogP contribution in [0.15, 0.2) is 36.4 Å². The van der Waals surface area contributed by atoms with Gasteiger partial charge in [-0.1, -0.05) is 50.6 Å². The maximum atomic E-state index is 10.6. The third kappa shape index (κ3) is 5.31. The van der Waals surface area contributed by atoms with Gasteiger partial charge in [-0.15, -0.1) is 5.92 Å². The van der Waals surface area contributed by atoms with E-state index in [1.54, 1.807) is 7.11 Å². The fourth-order valence-electron chi connectivity index (χ4n) is 1.71. The van der Waals surface area contributed by atoms with Crippen LogP contribution in [0.5, 0.6) is 5.75 Å². The van der Waals surface area contributed by atoms with Crippen molar-refractivity contribution in [1.82, 2.24) is 0 Å². The standard InChI is InChI=1S/C14H13O2.C2H6.CH3.U/c1-10(9-15)11-3-4-13-8-14(16-2)6-5-12(13)7-11;1-2;;/h3-8,10H,1-2H3;1-2H3;1H3;/q-1;;-1;+2/t10-;;;/m1.../s1. The summed E-state index contributed by atoms with van der Waals surface area (Å²) in [6.07, 6.45) is 1.99. The smallest absolute Gasteiger partial charge is 0.541 e. The zero-order chi connectivity index (χ0) is 13.5. The van der Waals surface area contributed by atoms with Crippen LogP contribution in [0.3, 0.4) is 0 Å². The molecule has 0 radical (unpaired) electrons. The second-order valence-corrected chi connectivity index (χ2v) is 3.81. The summed E-state index contributed by atoms with van der Waals surface area (Å²) in [5.41, 5.74) is 0.993. The average Bonchev–Trinajstić information content (AvgIpc) is 2.47. The van der Waals surface area contributed by atoms with Crippen LogP contribution >= 0.6 is 0 Å². The summed E-state index contributed by atoms with van der Waals surface area (Å²) in [4.78, 5) is 10.6. The van der Waals surface area contributed by atoms with Crippen LogP contribution in [0.4, 0.5) is 0 Å². The van der Waals surface area contributed by atoms with Gasteiger partial charge in [0.15, 0.2) is 0 Å². The minimum absolute atomic E-state index is 0. The predicted molar refractivity (Wildman–Crippen MR) is 82.4 cm³/mol. The topological polar surface area (TPSA) is 26.3 Å². The maximum absolute atomic E-state index is 10.6. The molecule has 0 heterocycles. The molecular formula is C17H22O2U. The number of hydrogen-bond acceptors (Lipinski definition) is 2. The molecule has 2 aromatic carbocycles. The molecule has 0 saturated heterocycles. The number of methoxy groups -OCH3 is 1. The zero-order valence-corrected chi connectivity index (χ0v) is 17.0. The summed E-state index contributed by atoms with van der Waals surface area (Å²) in [5.74, 6) is 0.668. The fraction of sp³-hybridized carbons (Fsp3) is 0.294. The van der Waals surface area contributed by atoms with Crippen molar-refractivity contribution in [3.05, 3.63) is 49.4 Å². The first kappa shape index (κ1) is 21.5. The monoisotopic (exact) mass is 496 g/mol. The van der Waals surface area contributed by atoms with Crippen LogP contribution in [0.25, 0.3) is 10.8 Å². The normalized spacial score (nSPS) is 10.2. The molecule has 0 aliphatic heterocycles. The molecular weight excluding hydrogens is 474 g/mol. The Balaban J connectivity index is 0. The Bertz CT molecular complexity index is 523. The molecule has 2 nitrogen and oxygen atoms in total. The van der Waals surface area contributed by atoms with Crippen LogP contribution in [0, 0.1) is 38.5 Å². The molecule has 0 fully saturated rings. The first-order chi connectivity index (χ1) is 8.74. The molecule has 0 N–H and O–H groups in total. The molecule has 20 heavy (non-hydrogen) atoms. The van der Waals surface area contributed by atoms with Crippen molar-refractivity contribution in [1.29, 1.82) is 0 Å². The van der Waals surface area contributed by atoms with Crippen molar-refractivity contribution in [2.45, 2.75) is 26.7 Å². The number of benzene rings is 2. The van der Waals surface area contributed by atoms with Gasteiger partial charge in [0.2, 0.25) is 0 Å². The molecule has 0 bridgehead atoms. The molecule has 0 amide bonds. The van der Waals surface area contributed by atoms with E-state index in [0.29, 0.717) is 0 Å². The maximum Gasteiger partial charge on any atom is 2.00 e. The van der Waals surface area contributed by atoms with Gasteiger partial charge >= 0.3 is 31.1 Å². The molecule has 0 aromatic heterocycles. The van der Waals surface area contributed by atoms with E-state index >= 15 is 0 Å². The van der Waals surface area contributed by atoms with Crippen molar-refractivity contribution < 1.29 is 40.6 Å². The van der Waals surface area contributed by atoms with Crippen LogP contribution in [-0.2, 0) is 4.79 Å². The Morgan fingerprint density at radius 2 is 1.60 bits per heavy atom. The van der Waals surface area contributed by atoms with Gasteiger partial charge in [0.25, 0.3) is 0 Å². The summed E-state index contributed by atoms with van der Waals surface area (Å²) in [6, 6.07) is 11.9. The number of fused-ring (bicyclic) bond motifs is 1. The van der Waals surface area contributed by atoms with Crippen LogP contribution in [0.1, 0.15) is 32.3 Å². The molecule has 0 unspecified atom stereocenters. The first-order valence-electron chi connectivity index (χ1n) is 6.20. The minimum atomic E-state index is -0.175. The quantitative estimate of drug-likeness (QED) is 0.584. The van der Waals surface area contributed by atoms with Gasteiger partial charge in [-0.2, -0.15) is 0 Å². The predicted octanol–water partition coefficient (Wildman–Crippen LogP) is 4.54. The van der Waals surface area contributed by atoms with Gasteiger partial charge < -0.3 is 17.0 Å². The van der Waals surface area contributed by atoms with E-state index in [-0.39, 0.29) is 44.5 Å². The Morgan fingerprint density at radius 1 is 1.05 bits per heavy atom. The van der Waals surface area contributed by atoms with Crippen molar-refractivity contribution in [3.63, 3.8) is 0 Å². The number of carbonyl (C=O) groups excluding carboxylic acids is 1. The Labute approximate surface area is 146 Å². The van der Waals surface area contributed by atoms with Crippen LogP contribution in [-0.4, -0.2) is 13.4 Å². The zero-order valence-electron chi connectivity index (χ0n) is 12.9. The van der Waals surface area contributed by atoms with Crippen LogP contribution < -0.4 is 4.74 Å². The Morgan fingerprint density at radius 3 is 2.15 bits per heavy atom. The number of ether oxygens (including phenoxy) is 1. The molecule has 106 valence electrons. The van der Waals surface area contributed by atoms with Crippen molar-refractivity contribution >= 4 is 17.1 Å². The number of rotatable bonds is 3. The summed E-state index contributed by atoms with van der Waals surface area (Å²) >= 11 is 0. The third-order valence-corrected chi connectivity index (χ3v) is 2.75. The molecule has 2 aromatic rings. The molecule has 2 rings (SSSR count). The van der Waals surface area contributed by atoms with Crippen LogP contribution in [0.2, 0.25) is 0 Å². The summed E-state index contributed by atoms with van der Waals surface area (Å²) in [5, 5.41) is 2.22. The van der Waals surface area contributed by atoms with Gasteiger partial charge in [0, 0.05) is 0 Å². The summed E-state index contributed by atoms with van der Waals surface area (Å²) < 4.78 is 5.16. The fourth-order valence-corrected chi connectivity index (χ4v) is 1.71. The third-order valence-electron chi connectivity index (χ3n) is 2.75. The van der Waals surface area contributed by atoms with Crippen molar-refractivity contribution in [3.8, 4) is 5.75 Å². The SMILES string of the molecule is CC.COc1ccc2cc([C@H](C)[C-]=O)ccc2c1.[CH3-].[U+2]. The molecule has 0 aliphatic carbocycles. The molecule has 0 spiro atoms. The van der Waals surface area contributed by atoms with E-state index in [0.717, 1.165) is 22.1 Å².